The maximum atomic E-state index is 2.45. The van der Waals surface area contributed by atoms with E-state index in [1.54, 1.807) is 0 Å². The maximum absolute atomic E-state index is 2.45. The van der Waals surface area contributed by atoms with Crippen LogP contribution in [0.5, 0.6) is 0 Å². The van der Waals surface area contributed by atoms with Crippen LogP contribution in [-0.2, 0) is 5.41 Å². The van der Waals surface area contributed by atoms with Crippen molar-refractivity contribution in [2.75, 3.05) is 4.90 Å². The van der Waals surface area contributed by atoms with Gasteiger partial charge in [-0.15, -0.1) is 11.3 Å². The van der Waals surface area contributed by atoms with Crippen LogP contribution < -0.4 is 4.90 Å². The lowest BCUT2D eigenvalue weighted by atomic mass is 9.81. The summed E-state index contributed by atoms with van der Waals surface area (Å²) < 4.78 is 2.68. The molecule has 278 valence electrons. The molecule has 0 amide bonds. The number of nitrogens with zero attached hydrogens (tertiary/aromatic N) is 1. The van der Waals surface area contributed by atoms with Crippen molar-refractivity contribution in [1.29, 1.82) is 0 Å². The zero-order valence-electron chi connectivity index (χ0n) is 32.9. The SMILES string of the molecule is CC1(C)c2cc(-c3ccc4sc5ccccc5c4c3)ccc2-c2ccc(N(c3ccc(-c4ccccc4)cc3)c3ccc4c5ccccc5c5ccccc5c4c3)cc21. The van der Waals surface area contributed by atoms with Gasteiger partial charge in [-0.05, 0) is 137 Å². The first-order valence-electron chi connectivity index (χ1n) is 20.5. The van der Waals surface area contributed by atoms with Crippen LogP contribution in [0.25, 0.3) is 85.9 Å². The molecular formula is C57H39NS. The van der Waals surface area contributed by atoms with E-state index in [9.17, 15) is 0 Å². The molecule has 0 aliphatic heterocycles. The van der Waals surface area contributed by atoms with Gasteiger partial charge in [-0.3, -0.25) is 0 Å². The Kier molecular flexibility index (Phi) is 7.51. The second kappa shape index (κ2) is 13.0. The van der Waals surface area contributed by atoms with Gasteiger partial charge in [-0.1, -0.05) is 153 Å². The number of rotatable bonds is 5. The van der Waals surface area contributed by atoms with Crippen LogP contribution in [0.4, 0.5) is 17.1 Å². The number of hydrogen-bond acceptors (Lipinski definition) is 2. The first kappa shape index (κ1) is 34.1. The van der Waals surface area contributed by atoms with Crippen LogP contribution in [-0.4, -0.2) is 0 Å². The molecule has 0 bridgehead atoms. The summed E-state index contributed by atoms with van der Waals surface area (Å²) in [6.07, 6.45) is 0. The summed E-state index contributed by atoms with van der Waals surface area (Å²) in [7, 11) is 0. The van der Waals surface area contributed by atoms with Crippen molar-refractivity contribution in [2.24, 2.45) is 0 Å². The lowest BCUT2D eigenvalue weighted by molar-refractivity contribution is 0.660. The largest absolute Gasteiger partial charge is 0.310 e. The minimum absolute atomic E-state index is 0.197. The summed E-state index contributed by atoms with van der Waals surface area (Å²) in [5.74, 6) is 0. The Labute approximate surface area is 348 Å². The molecule has 10 aromatic carbocycles. The van der Waals surface area contributed by atoms with Crippen molar-refractivity contribution in [3.8, 4) is 33.4 Å². The molecule has 59 heavy (non-hydrogen) atoms. The van der Waals surface area contributed by atoms with Gasteiger partial charge in [0, 0.05) is 42.6 Å². The topological polar surface area (TPSA) is 3.24 Å². The van der Waals surface area contributed by atoms with Gasteiger partial charge < -0.3 is 4.90 Å². The van der Waals surface area contributed by atoms with Gasteiger partial charge in [-0.25, -0.2) is 0 Å². The van der Waals surface area contributed by atoms with E-state index in [1.807, 2.05) is 11.3 Å². The van der Waals surface area contributed by atoms with Crippen LogP contribution in [0.2, 0.25) is 0 Å². The van der Waals surface area contributed by atoms with Gasteiger partial charge in [0.15, 0.2) is 0 Å². The van der Waals surface area contributed by atoms with Crippen LogP contribution >= 0.6 is 11.3 Å². The molecule has 0 atom stereocenters. The predicted octanol–water partition coefficient (Wildman–Crippen LogP) is 16.6. The Morgan fingerprint density at radius 3 is 1.53 bits per heavy atom. The number of benzene rings is 10. The van der Waals surface area contributed by atoms with Gasteiger partial charge in [0.1, 0.15) is 0 Å². The Morgan fingerprint density at radius 2 is 0.797 bits per heavy atom. The quantitative estimate of drug-likeness (QED) is 0.158. The normalized spacial score (nSPS) is 13.1. The predicted molar refractivity (Wildman–Crippen MR) is 255 cm³/mol. The van der Waals surface area contributed by atoms with Crippen molar-refractivity contribution in [1.82, 2.24) is 0 Å². The van der Waals surface area contributed by atoms with E-state index in [0.717, 1.165) is 17.1 Å². The van der Waals surface area contributed by atoms with Gasteiger partial charge in [-0.2, -0.15) is 0 Å². The second-order valence-corrected chi connectivity index (χ2v) is 17.6. The van der Waals surface area contributed by atoms with Crippen molar-refractivity contribution in [2.45, 2.75) is 19.3 Å². The Bertz CT molecular complexity index is 3430. The van der Waals surface area contributed by atoms with E-state index in [1.165, 1.54) is 97.0 Å². The van der Waals surface area contributed by atoms with E-state index in [0.29, 0.717) is 0 Å². The molecule has 1 nitrogen and oxygen atoms in total. The molecule has 0 saturated carbocycles. The number of hydrogen-bond donors (Lipinski definition) is 0. The molecular weight excluding hydrogens is 731 g/mol. The monoisotopic (exact) mass is 769 g/mol. The molecule has 12 rings (SSSR count). The number of anilines is 3. The minimum Gasteiger partial charge on any atom is -0.310 e. The third-order valence-electron chi connectivity index (χ3n) is 12.8. The van der Waals surface area contributed by atoms with Crippen LogP contribution in [0.3, 0.4) is 0 Å². The van der Waals surface area contributed by atoms with Crippen molar-refractivity contribution in [3.63, 3.8) is 0 Å². The molecule has 1 aliphatic carbocycles. The first-order valence-corrected chi connectivity index (χ1v) is 21.3. The van der Waals surface area contributed by atoms with Crippen LogP contribution in [0, 0.1) is 0 Å². The highest BCUT2D eigenvalue weighted by Gasteiger charge is 2.36. The summed E-state index contributed by atoms with van der Waals surface area (Å²) in [6.45, 7) is 4.79. The molecule has 0 N–H and O–H groups in total. The molecule has 1 heterocycles. The third kappa shape index (κ3) is 5.30. The fourth-order valence-corrected chi connectivity index (χ4v) is 11.0. The average molecular weight is 770 g/mol. The van der Waals surface area contributed by atoms with Crippen molar-refractivity contribution in [3.05, 3.63) is 211 Å². The standard InChI is InChI=1S/C57H39NS/c1-57(2)53-33-39(38-23-31-56-52(32-38)50-18-10-11-19-55(50)59-56)22-28-48(53)49-30-27-42(35-54(49)57)58(40-24-20-37(21-25-40)36-12-4-3-5-13-36)41-26-29-47-45-16-7-6-14-43(45)44-15-8-9-17-46(44)51(47)34-41/h3-35H,1-2H3. The van der Waals surface area contributed by atoms with E-state index in [2.05, 4.69) is 219 Å². The Balaban J connectivity index is 1.00. The lowest BCUT2D eigenvalue weighted by Crippen LogP contribution is -2.16. The molecule has 0 fully saturated rings. The van der Waals surface area contributed by atoms with Crippen LogP contribution in [0.15, 0.2) is 200 Å². The smallest absolute Gasteiger partial charge is 0.0468 e. The first-order chi connectivity index (χ1) is 29.0. The summed E-state index contributed by atoms with van der Waals surface area (Å²) in [5.41, 5.74) is 13.5. The summed E-state index contributed by atoms with van der Waals surface area (Å²) in [5, 5.41) is 10.3. The highest BCUT2D eigenvalue weighted by molar-refractivity contribution is 7.25. The second-order valence-electron chi connectivity index (χ2n) is 16.5. The molecule has 0 radical (unpaired) electrons. The minimum atomic E-state index is -0.197. The van der Waals surface area contributed by atoms with Gasteiger partial charge >= 0.3 is 0 Å². The summed E-state index contributed by atoms with van der Waals surface area (Å²) in [6, 6.07) is 74.4. The molecule has 0 saturated heterocycles. The maximum Gasteiger partial charge on any atom is 0.0468 e. The summed E-state index contributed by atoms with van der Waals surface area (Å²) >= 11 is 1.87. The van der Waals surface area contributed by atoms with E-state index in [4.69, 9.17) is 0 Å². The molecule has 2 heteroatoms. The zero-order chi connectivity index (χ0) is 39.2. The van der Waals surface area contributed by atoms with Gasteiger partial charge in [0.05, 0.1) is 0 Å². The van der Waals surface area contributed by atoms with E-state index in [-0.39, 0.29) is 5.41 Å². The van der Waals surface area contributed by atoms with Crippen LogP contribution in [0.1, 0.15) is 25.0 Å². The fourth-order valence-electron chi connectivity index (χ4n) is 9.87. The van der Waals surface area contributed by atoms with Crippen molar-refractivity contribution < 1.29 is 0 Å². The molecule has 0 spiro atoms. The highest BCUT2D eigenvalue weighted by Crippen LogP contribution is 2.52. The Hall–Kier alpha value is -7.00. The van der Waals surface area contributed by atoms with Gasteiger partial charge in [0.2, 0.25) is 0 Å². The molecule has 11 aromatic rings. The zero-order valence-corrected chi connectivity index (χ0v) is 33.7. The Morgan fingerprint density at radius 1 is 0.322 bits per heavy atom. The third-order valence-corrected chi connectivity index (χ3v) is 14.0. The fraction of sp³-hybridized carbons (Fsp3) is 0.0526. The summed E-state index contributed by atoms with van der Waals surface area (Å²) in [4.78, 5) is 2.45. The number of thiophene rings is 1. The lowest BCUT2D eigenvalue weighted by Gasteiger charge is -2.29. The molecule has 1 aromatic heterocycles. The number of fused-ring (bicyclic) bond motifs is 12. The van der Waals surface area contributed by atoms with Crippen molar-refractivity contribution >= 4 is 80.9 Å². The highest BCUT2D eigenvalue weighted by atomic mass is 32.1. The molecule has 1 aliphatic rings. The molecule has 0 unspecified atom stereocenters. The van der Waals surface area contributed by atoms with Gasteiger partial charge in [0.25, 0.3) is 0 Å². The average Bonchev–Trinajstić information content (AvgIpc) is 3.78. The van der Waals surface area contributed by atoms with E-state index < -0.39 is 0 Å². The van der Waals surface area contributed by atoms with E-state index >= 15 is 0 Å².